The first-order valence-corrected chi connectivity index (χ1v) is 11.9. The third-order valence-corrected chi connectivity index (χ3v) is 7.20. The minimum absolute atomic E-state index is 0.00298. The van der Waals surface area contributed by atoms with Crippen LogP contribution >= 0.6 is 23.2 Å². The second-order valence-corrected chi connectivity index (χ2v) is 10.0. The molecule has 3 rings (SSSR count). The van der Waals surface area contributed by atoms with Gasteiger partial charge in [-0.15, -0.1) is 0 Å². The van der Waals surface area contributed by atoms with Gasteiger partial charge < -0.3 is 9.84 Å². The van der Waals surface area contributed by atoms with Gasteiger partial charge in [-0.1, -0.05) is 23.2 Å². The molecule has 2 heterocycles. The molecule has 188 valence electrons. The number of halogens is 5. The van der Waals surface area contributed by atoms with Crippen molar-refractivity contribution in [2.45, 2.75) is 24.1 Å². The molecule has 0 fully saturated rings. The Kier molecular flexibility index (Phi) is 7.82. The summed E-state index contributed by atoms with van der Waals surface area (Å²) in [6, 6.07) is 6.16. The summed E-state index contributed by atoms with van der Waals surface area (Å²) in [5.74, 6) is 0. The fourth-order valence-corrected chi connectivity index (χ4v) is 4.99. The molecule has 1 atom stereocenters. The van der Waals surface area contributed by atoms with Crippen molar-refractivity contribution in [3.63, 3.8) is 0 Å². The molecule has 14 heteroatoms. The van der Waals surface area contributed by atoms with Crippen molar-refractivity contribution >= 4 is 38.9 Å². The molecule has 0 bridgehead atoms. The third kappa shape index (κ3) is 5.62. The van der Waals surface area contributed by atoms with E-state index in [1.807, 2.05) is 0 Å². The zero-order chi connectivity index (χ0) is 26.1. The highest BCUT2D eigenvalue weighted by molar-refractivity contribution is 7.92. The summed E-state index contributed by atoms with van der Waals surface area (Å²) < 4.78 is 73.5. The second kappa shape index (κ2) is 10.2. The fraction of sp³-hybridized carbons (Fsp3) is 0.238. The quantitative estimate of drug-likeness (QED) is 0.259. The number of aromatic nitrogens is 2. The minimum atomic E-state index is -4.90. The van der Waals surface area contributed by atoms with Crippen molar-refractivity contribution in [2.75, 3.05) is 18.1 Å². The maximum absolute atomic E-state index is 13.5. The Bertz CT molecular complexity index is 1360. The predicted molar refractivity (Wildman–Crippen MR) is 120 cm³/mol. The van der Waals surface area contributed by atoms with E-state index in [9.17, 15) is 31.9 Å². The van der Waals surface area contributed by atoms with E-state index in [1.165, 1.54) is 37.7 Å². The smallest absolute Gasteiger partial charge is 0.382 e. The van der Waals surface area contributed by atoms with Crippen LogP contribution < -0.4 is 9.04 Å². The lowest BCUT2D eigenvalue weighted by molar-refractivity contribution is -0.908. The summed E-state index contributed by atoms with van der Waals surface area (Å²) in [6.07, 6.45) is -3.96. The number of methoxy groups -OCH3 is 1. The molecule has 0 spiro atoms. The van der Waals surface area contributed by atoms with Crippen LogP contribution in [0.25, 0.3) is 0 Å². The number of pyridine rings is 2. The van der Waals surface area contributed by atoms with Gasteiger partial charge in [0.1, 0.15) is 12.8 Å². The molecule has 0 aliphatic heterocycles. The van der Waals surface area contributed by atoms with Crippen LogP contribution in [-0.2, 0) is 20.9 Å². The number of aliphatic hydroxyl groups is 1. The predicted octanol–water partition coefficient (Wildman–Crippen LogP) is 4.12. The first-order valence-electron chi connectivity index (χ1n) is 9.70. The van der Waals surface area contributed by atoms with Crippen LogP contribution in [0.15, 0.2) is 53.7 Å². The molecule has 1 unspecified atom stereocenters. The average molecular weight is 553 g/mol. The van der Waals surface area contributed by atoms with Crippen LogP contribution in [0.4, 0.5) is 18.9 Å². The summed E-state index contributed by atoms with van der Waals surface area (Å²) in [4.78, 5) is 3.35. The Morgan fingerprint density at radius 1 is 1.20 bits per heavy atom. The molecular weight excluding hydrogens is 534 g/mol. The monoisotopic (exact) mass is 552 g/mol. The average Bonchev–Trinajstić information content (AvgIpc) is 2.78. The Balaban J connectivity index is 2.19. The van der Waals surface area contributed by atoms with Crippen LogP contribution in [0.3, 0.4) is 0 Å². The molecular formula is C21H19Cl2F3N3O5S+. The summed E-state index contributed by atoms with van der Waals surface area (Å²) in [7, 11) is -3.51. The third-order valence-electron chi connectivity index (χ3n) is 4.93. The Hall–Kier alpha value is -2.64. The summed E-state index contributed by atoms with van der Waals surface area (Å²) >= 11 is 11.7. The molecule has 3 aromatic rings. The second-order valence-electron chi connectivity index (χ2n) is 7.32. The van der Waals surface area contributed by atoms with Crippen molar-refractivity contribution in [1.82, 2.24) is 4.98 Å². The zero-order valence-electron chi connectivity index (χ0n) is 18.2. The Morgan fingerprint density at radius 3 is 2.49 bits per heavy atom. The number of aryl methyl sites for hydroxylation is 1. The first kappa shape index (κ1) is 27.0. The number of nitrogens with zero attached hydrogens (tertiary/aromatic N) is 3. The molecule has 1 aromatic carbocycles. The van der Waals surface area contributed by atoms with E-state index in [0.717, 1.165) is 16.9 Å². The van der Waals surface area contributed by atoms with Gasteiger partial charge in [-0.2, -0.15) is 13.2 Å². The van der Waals surface area contributed by atoms with Crippen LogP contribution in [-0.4, -0.2) is 37.6 Å². The van der Waals surface area contributed by atoms with E-state index >= 15 is 0 Å². The molecule has 0 amide bonds. The SMILES string of the molecule is COCN(c1cc(Cl)cnc1C(O)c1cc[n+](O)c(C)c1)S(=O)(=O)c1ccc(Cl)c(C(F)(F)F)c1. The summed E-state index contributed by atoms with van der Waals surface area (Å²) in [5, 5.41) is 20.0. The maximum Gasteiger partial charge on any atom is 0.417 e. The number of anilines is 1. The number of hydrogen-bond donors (Lipinski definition) is 2. The van der Waals surface area contributed by atoms with Gasteiger partial charge in [-0.3, -0.25) is 10.2 Å². The van der Waals surface area contributed by atoms with Crippen molar-refractivity contribution in [1.29, 1.82) is 0 Å². The van der Waals surface area contributed by atoms with Gasteiger partial charge in [0.25, 0.3) is 10.0 Å². The Morgan fingerprint density at radius 2 is 1.89 bits per heavy atom. The molecule has 0 aliphatic rings. The first-order chi connectivity index (χ1) is 16.3. The van der Waals surface area contributed by atoms with Crippen molar-refractivity contribution in [2.24, 2.45) is 0 Å². The standard InChI is InChI=1S/C21H19Cl2F3N3O5S/c1-12-7-13(5-6-28(12)31)20(30)19-18(8-14(22)10-27-19)29(11-34-2)35(32,33)15-3-4-17(23)16(9-15)21(24,25)26/h3-10,20,30-31H,11H2,1-2H3/q+1. The molecule has 8 nitrogen and oxygen atoms in total. The molecule has 0 saturated carbocycles. The molecule has 2 aromatic heterocycles. The van der Waals surface area contributed by atoms with Gasteiger partial charge >= 0.3 is 6.18 Å². The van der Waals surface area contributed by atoms with Crippen molar-refractivity contribution in [3.8, 4) is 0 Å². The molecule has 0 radical (unpaired) electrons. The number of benzene rings is 1. The van der Waals surface area contributed by atoms with Gasteiger partial charge in [0.2, 0.25) is 11.9 Å². The lowest BCUT2D eigenvalue weighted by atomic mass is 10.1. The number of aliphatic hydroxyl groups excluding tert-OH is 1. The summed E-state index contributed by atoms with van der Waals surface area (Å²) in [5.41, 5.74) is -1.12. The van der Waals surface area contributed by atoms with Crippen LogP contribution in [0.5, 0.6) is 0 Å². The highest BCUT2D eigenvalue weighted by Gasteiger charge is 2.36. The minimum Gasteiger partial charge on any atom is -0.382 e. The Labute approximate surface area is 208 Å². The highest BCUT2D eigenvalue weighted by Crippen LogP contribution is 2.38. The number of rotatable bonds is 7. The van der Waals surface area contributed by atoms with E-state index in [-0.39, 0.29) is 22.0 Å². The van der Waals surface area contributed by atoms with Gasteiger partial charge in [-0.25, -0.2) is 12.7 Å². The highest BCUT2D eigenvalue weighted by atomic mass is 35.5. The van der Waals surface area contributed by atoms with Gasteiger partial charge in [-0.05, 0) is 29.8 Å². The van der Waals surface area contributed by atoms with Crippen LogP contribution in [0, 0.1) is 6.92 Å². The molecule has 35 heavy (non-hydrogen) atoms. The molecule has 0 saturated heterocycles. The lowest BCUT2D eigenvalue weighted by Crippen LogP contribution is -2.35. The number of hydrogen-bond acceptors (Lipinski definition) is 6. The van der Waals surface area contributed by atoms with Gasteiger partial charge in [0, 0.05) is 37.1 Å². The van der Waals surface area contributed by atoms with E-state index in [0.29, 0.717) is 16.1 Å². The number of sulfonamides is 1. The van der Waals surface area contributed by atoms with Crippen molar-refractivity contribution < 1.29 is 41.4 Å². The topological polar surface area (TPSA) is 104 Å². The fourth-order valence-electron chi connectivity index (χ4n) is 3.20. The van der Waals surface area contributed by atoms with Crippen LogP contribution in [0.2, 0.25) is 10.0 Å². The molecule has 2 N–H and O–H groups in total. The number of ether oxygens (including phenoxy) is 1. The lowest BCUT2D eigenvalue weighted by Gasteiger charge is -2.27. The number of alkyl halides is 3. The van der Waals surface area contributed by atoms with Crippen LogP contribution in [0.1, 0.15) is 28.6 Å². The van der Waals surface area contributed by atoms with Gasteiger partial charge in [0.15, 0.2) is 0 Å². The van der Waals surface area contributed by atoms with Gasteiger partial charge in [0.05, 0.1) is 31.9 Å². The van der Waals surface area contributed by atoms with E-state index in [4.69, 9.17) is 27.9 Å². The van der Waals surface area contributed by atoms with E-state index < -0.39 is 44.5 Å². The van der Waals surface area contributed by atoms with Crippen molar-refractivity contribution in [3.05, 3.63) is 81.4 Å². The van der Waals surface area contributed by atoms with E-state index in [2.05, 4.69) is 4.98 Å². The normalized spacial score (nSPS) is 13.0. The zero-order valence-corrected chi connectivity index (χ0v) is 20.5. The maximum atomic E-state index is 13.5. The van der Waals surface area contributed by atoms with E-state index in [1.54, 1.807) is 6.92 Å². The molecule has 0 aliphatic carbocycles. The largest absolute Gasteiger partial charge is 0.417 e. The summed E-state index contributed by atoms with van der Waals surface area (Å²) in [6.45, 7) is 0.922.